The number of carbonyl (C=O) groups is 1. The lowest BCUT2D eigenvalue weighted by Crippen LogP contribution is -2.34. The van der Waals surface area contributed by atoms with Crippen LogP contribution in [0.3, 0.4) is 0 Å². The molecule has 2 amide bonds. The number of rotatable bonds is 6. The zero-order valence-electron chi connectivity index (χ0n) is 15.3. The first-order chi connectivity index (χ1) is 13.1. The second-order valence-electron chi connectivity index (χ2n) is 6.22. The molecule has 0 bridgehead atoms. The normalized spacial score (nSPS) is 10.3. The molecule has 0 fully saturated rings. The lowest BCUT2D eigenvalue weighted by molar-refractivity contribution is 0.250. The van der Waals surface area contributed by atoms with Crippen LogP contribution >= 0.6 is 0 Å². The molecule has 0 aliphatic rings. The first kappa shape index (κ1) is 18.3. The molecule has 2 aromatic carbocycles. The Bertz CT molecular complexity index is 880. The topological polar surface area (TPSA) is 75.3 Å². The summed E-state index contributed by atoms with van der Waals surface area (Å²) in [5, 5.41) is 8.74. The minimum Gasteiger partial charge on any atom is -0.455 e. The number of amides is 2. The SMILES string of the molecule is CC(C)NC(=O)Nc1ccc(Nc2ccccc2Oc2ccccc2)cn1. The van der Waals surface area contributed by atoms with E-state index in [9.17, 15) is 4.79 Å². The van der Waals surface area contributed by atoms with Gasteiger partial charge in [-0.05, 0) is 50.2 Å². The molecule has 0 saturated heterocycles. The molecule has 0 aliphatic carbocycles. The van der Waals surface area contributed by atoms with E-state index < -0.39 is 0 Å². The Hall–Kier alpha value is -3.54. The van der Waals surface area contributed by atoms with Gasteiger partial charge in [-0.15, -0.1) is 0 Å². The van der Waals surface area contributed by atoms with E-state index >= 15 is 0 Å². The van der Waals surface area contributed by atoms with Gasteiger partial charge in [-0.3, -0.25) is 5.32 Å². The Morgan fingerprint density at radius 2 is 1.70 bits per heavy atom. The van der Waals surface area contributed by atoms with E-state index in [0.29, 0.717) is 11.6 Å². The van der Waals surface area contributed by atoms with Gasteiger partial charge in [0.15, 0.2) is 5.75 Å². The molecule has 6 heteroatoms. The molecule has 3 aromatic rings. The second kappa shape index (κ2) is 8.71. The molecule has 0 saturated carbocycles. The average molecular weight is 362 g/mol. The summed E-state index contributed by atoms with van der Waals surface area (Å²) in [5.41, 5.74) is 1.61. The summed E-state index contributed by atoms with van der Waals surface area (Å²) in [5.74, 6) is 1.95. The van der Waals surface area contributed by atoms with Crippen molar-refractivity contribution in [2.75, 3.05) is 10.6 Å². The minimum atomic E-state index is -0.278. The highest BCUT2D eigenvalue weighted by molar-refractivity contribution is 5.88. The molecule has 0 unspecified atom stereocenters. The van der Waals surface area contributed by atoms with Gasteiger partial charge in [0.05, 0.1) is 17.6 Å². The van der Waals surface area contributed by atoms with E-state index in [1.165, 1.54) is 0 Å². The zero-order valence-corrected chi connectivity index (χ0v) is 15.3. The fourth-order valence-corrected chi connectivity index (χ4v) is 2.39. The molecule has 0 spiro atoms. The Morgan fingerprint density at radius 1 is 0.963 bits per heavy atom. The molecule has 0 radical (unpaired) electrons. The largest absolute Gasteiger partial charge is 0.455 e. The van der Waals surface area contributed by atoms with Crippen LogP contribution in [0.2, 0.25) is 0 Å². The van der Waals surface area contributed by atoms with Crippen molar-refractivity contribution in [3.63, 3.8) is 0 Å². The summed E-state index contributed by atoms with van der Waals surface area (Å²) < 4.78 is 5.95. The van der Waals surface area contributed by atoms with Crippen molar-refractivity contribution in [1.29, 1.82) is 0 Å². The van der Waals surface area contributed by atoms with Gasteiger partial charge in [-0.1, -0.05) is 30.3 Å². The van der Waals surface area contributed by atoms with Crippen LogP contribution < -0.4 is 20.7 Å². The van der Waals surface area contributed by atoms with Crippen molar-refractivity contribution in [3.05, 3.63) is 72.9 Å². The van der Waals surface area contributed by atoms with E-state index in [2.05, 4.69) is 20.9 Å². The molecule has 0 atom stereocenters. The van der Waals surface area contributed by atoms with Gasteiger partial charge >= 0.3 is 6.03 Å². The van der Waals surface area contributed by atoms with Crippen molar-refractivity contribution in [2.45, 2.75) is 19.9 Å². The van der Waals surface area contributed by atoms with Gasteiger partial charge in [0.25, 0.3) is 0 Å². The van der Waals surface area contributed by atoms with Crippen LogP contribution in [0.4, 0.5) is 22.0 Å². The Morgan fingerprint density at radius 3 is 2.41 bits per heavy atom. The minimum absolute atomic E-state index is 0.0621. The van der Waals surface area contributed by atoms with Crippen LogP contribution in [0.1, 0.15) is 13.8 Å². The first-order valence-corrected chi connectivity index (χ1v) is 8.72. The Labute approximate surface area is 158 Å². The van der Waals surface area contributed by atoms with Crippen LogP contribution in [-0.2, 0) is 0 Å². The molecular weight excluding hydrogens is 340 g/mol. The number of aromatic nitrogens is 1. The van der Waals surface area contributed by atoms with E-state index in [1.807, 2.05) is 74.5 Å². The molecule has 1 aromatic heterocycles. The zero-order chi connectivity index (χ0) is 19.1. The molecule has 6 nitrogen and oxygen atoms in total. The lowest BCUT2D eigenvalue weighted by Gasteiger charge is -2.13. The standard InChI is InChI=1S/C21H22N4O2/c1-15(2)23-21(26)25-20-13-12-16(14-22-20)24-18-10-6-7-11-19(18)27-17-8-4-3-5-9-17/h3-15,24H,1-2H3,(H2,22,23,25,26). The van der Waals surface area contributed by atoms with Gasteiger partial charge < -0.3 is 15.4 Å². The summed E-state index contributed by atoms with van der Waals surface area (Å²) in [6.45, 7) is 3.80. The summed E-state index contributed by atoms with van der Waals surface area (Å²) in [6.07, 6.45) is 1.66. The molecule has 3 N–H and O–H groups in total. The van der Waals surface area contributed by atoms with Crippen molar-refractivity contribution in [2.24, 2.45) is 0 Å². The van der Waals surface area contributed by atoms with Crippen molar-refractivity contribution < 1.29 is 9.53 Å². The first-order valence-electron chi connectivity index (χ1n) is 8.72. The van der Waals surface area contributed by atoms with E-state index in [4.69, 9.17) is 4.74 Å². The number of pyridine rings is 1. The second-order valence-corrected chi connectivity index (χ2v) is 6.22. The highest BCUT2D eigenvalue weighted by atomic mass is 16.5. The van der Waals surface area contributed by atoms with Crippen LogP contribution in [0.5, 0.6) is 11.5 Å². The number of ether oxygens (including phenoxy) is 1. The number of nitrogens with one attached hydrogen (secondary N) is 3. The number of para-hydroxylation sites is 3. The smallest absolute Gasteiger partial charge is 0.320 e. The average Bonchev–Trinajstić information content (AvgIpc) is 2.65. The van der Waals surface area contributed by atoms with E-state index in [0.717, 1.165) is 17.1 Å². The molecule has 138 valence electrons. The Balaban J connectivity index is 1.68. The summed E-state index contributed by atoms with van der Waals surface area (Å²) in [4.78, 5) is 16.0. The number of hydrogen-bond acceptors (Lipinski definition) is 4. The number of carbonyl (C=O) groups excluding carboxylic acids is 1. The number of anilines is 3. The highest BCUT2D eigenvalue weighted by Gasteiger charge is 2.07. The third-order valence-electron chi connectivity index (χ3n) is 3.56. The third-order valence-corrected chi connectivity index (χ3v) is 3.56. The summed E-state index contributed by atoms with van der Waals surface area (Å²) in [7, 11) is 0. The van der Waals surface area contributed by atoms with Crippen molar-refractivity contribution in [1.82, 2.24) is 10.3 Å². The maximum Gasteiger partial charge on any atom is 0.320 e. The number of benzene rings is 2. The van der Waals surface area contributed by atoms with Gasteiger partial charge in [-0.25, -0.2) is 9.78 Å². The van der Waals surface area contributed by atoms with Crippen LogP contribution in [-0.4, -0.2) is 17.1 Å². The lowest BCUT2D eigenvalue weighted by atomic mass is 10.2. The number of urea groups is 1. The molecule has 3 rings (SSSR count). The van der Waals surface area contributed by atoms with Crippen LogP contribution in [0, 0.1) is 0 Å². The number of nitrogens with zero attached hydrogens (tertiary/aromatic N) is 1. The third kappa shape index (κ3) is 5.47. The van der Waals surface area contributed by atoms with Crippen molar-refractivity contribution in [3.8, 4) is 11.5 Å². The van der Waals surface area contributed by atoms with Crippen molar-refractivity contribution >= 4 is 23.2 Å². The summed E-state index contributed by atoms with van der Waals surface area (Å²) in [6, 6.07) is 20.7. The molecule has 0 aliphatic heterocycles. The molecular formula is C21H22N4O2. The maximum absolute atomic E-state index is 11.7. The van der Waals surface area contributed by atoms with E-state index in [1.54, 1.807) is 12.3 Å². The van der Waals surface area contributed by atoms with Gasteiger partial charge in [-0.2, -0.15) is 0 Å². The summed E-state index contributed by atoms with van der Waals surface area (Å²) >= 11 is 0. The van der Waals surface area contributed by atoms with Crippen LogP contribution in [0.15, 0.2) is 72.9 Å². The maximum atomic E-state index is 11.7. The predicted molar refractivity (Wildman–Crippen MR) is 108 cm³/mol. The van der Waals surface area contributed by atoms with Gasteiger partial charge in [0.1, 0.15) is 11.6 Å². The van der Waals surface area contributed by atoms with Crippen LogP contribution in [0.25, 0.3) is 0 Å². The fourth-order valence-electron chi connectivity index (χ4n) is 2.39. The number of hydrogen-bond donors (Lipinski definition) is 3. The highest BCUT2D eigenvalue weighted by Crippen LogP contribution is 2.31. The molecule has 27 heavy (non-hydrogen) atoms. The van der Waals surface area contributed by atoms with Gasteiger partial charge in [0.2, 0.25) is 0 Å². The van der Waals surface area contributed by atoms with E-state index in [-0.39, 0.29) is 12.1 Å². The van der Waals surface area contributed by atoms with Gasteiger partial charge in [0, 0.05) is 6.04 Å². The predicted octanol–water partition coefficient (Wildman–Crippen LogP) is 5.15. The Kier molecular flexibility index (Phi) is 5.89. The molecule has 1 heterocycles. The fraction of sp³-hybridized carbons (Fsp3) is 0.143. The quantitative estimate of drug-likeness (QED) is 0.567. The monoisotopic (exact) mass is 362 g/mol.